The molecule has 1 aromatic heterocycles. The van der Waals surface area contributed by atoms with E-state index in [1.807, 2.05) is 61.5 Å². The van der Waals surface area contributed by atoms with Gasteiger partial charge in [0.05, 0.1) is 10.7 Å². The summed E-state index contributed by atoms with van der Waals surface area (Å²) in [6.45, 7) is 1.95. The summed E-state index contributed by atoms with van der Waals surface area (Å²) in [5, 5.41) is 0.679. The molecule has 80 valence electrons. The van der Waals surface area contributed by atoms with Crippen LogP contribution in [0.2, 0.25) is 5.02 Å². The average molecular weight is 230 g/mol. The normalized spacial score (nSPS) is 10.9. The standard InChI is InChI=1S/C14H12ClN/c1-11-7-9-13(15)14(16-11)10-8-12-5-3-2-4-6-12/h2-10H,1H3. The highest BCUT2D eigenvalue weighted by Crippen LogP contribution is 2.16. The monoisotopic (exact) mass is 229 g/mol. The third-order valence-corrected chi connectivity index (χ3v) is 2.57. The lowest BCUT2D eigenvalue weighted by Gasteiger charge is -1.99. The first-order chi connectivity index (χ1) is 7.75. The maximum absolute atomic E-state index is 6.05. The molecule has 0 radical (unpaired) electrons. The van der Waals surface area contributed by atoms with Crippen molar-refractivity contribution >= 4 is 23.8 Å². The van der Waals surface area contributed by atoms with Crippen LogP contribution in [-0.4, -0.2) is 4.98 Å². The summed E-state index contributed by atoms with van der Waals surface area (Å²) in [5.41, 5.74) is 2.92. The molecule has 2 rings (SSSR count). The highest BCUT2D eigenvalue weighted by molar-refractivity contribution is 6.31. The van der Waals surface area contributed by atoms with Gasteiger partial charge in [0.25, 0.3) is 0 Å². The lowest BCUT2D eigenvalue weighted by atomic mass is 10.2. The Morgan fingerprint density at radius 3 is 2.50 bits per heavy atom. The molecule has 0 amide bonds. The summed E-state index contributed by atoms with van der Waals surface area (Å²) in [6, 6.07) is 13.9. The molecule has 0 saturated heterocycles. The first-order valence-electron chi connectivity index (χ1n) is 5.12. The highest BCUT2D eigenvalue weighted by atomic mass is 35.5. The van der Waals surface area contributed by atoms with Gasteiger partial charge in [-0.3, -0.25) is 4.98 Å². The van der Waals surface area contributed by atoms with E-state index in [0.29, 0.717) is 5.02 Å². The molecule has 1 nitrogen and oxygen atoms in total. The number of pyridine rings is 1. The second-order valence-electron chi connectivity index (χ2n) is 3.56. The Labute approximate surface area is 100 Å². The van der Waals surface area contributed by atoms with Crippen molar-refractivity contribution in [3.05, 3.63) is 64.4 Å². The second kappa shape index (κ2) is 4.95. The van der Waals surface area contributed by atoms with Crippen LogP contribution in [0.4, 0.5) is 0 Å². The maximum atomic E-state index is 6.05. The minimum atomic E-state index is 0.679. The number of aromatic nitrogens is 1. The van der Waals surface area contributed by atoms with Crippen molar-refractivity contribution in [3.63, 3.8) is 0 Å². The summed E-state index contributed by atoms with van der Waals surface area (Å²) in [7, 11) is 0. The summed E-state index contributed by atoms with van der Waals surface area (Å²) >= 11 is 6.05. The number of hydrogen-bond acceptors (Lipinski definition) is 1. The summed E-state index contributed by atoms with van der Waals surface area (Å²) < 4.78 is 0. The Bertz CT molecular complexity index is 503. The van der Waals surface area contributed by atoms with Crippen molar-refractivity contribution < 1.29 is 0 Å². The molecule has 2 heteroatoms. The van der Waals surface area contributed by atoms with E-state index in [-0.39, 0.29) is 0 Å². The zero-order chi connectivity index (χ0) is 11.4. The van der Waals surface area contributed by atoms with Gasteiger partial charge in [-0.2, -0.15) is 0 Å². The Morgan fingerprint density at radius 2 is 1.75 bits per heavy atom. The van der Waals surface area contributed by atoms with Crippen LogP contribution in [0.5, 0.6) is 0 Å². The van der Waals surface area contributed by atoms with E-state index in [2.05, 4.69) is 4.98 Å². The Balaban J connectivity index is 2.27. The van der Waals surface area contributed by atoms with Crippen LogP contribution < -0.4 is 0 Å². The van der Waals surface area contributed by atoms with Gasteiger partial charge < -0.3 is 0 Å². The second-order valence-corrected chi connectivity index (χ2v) is 3.97. The fourth-order valence-corrected chi connectivity index (χ4v) is 1.58. The third kappa shape index (κ3) is 2.71. The molecule has 1 aromatic carbocycles. The van der Waals surface area contributed by atoms with Crippen LogP contribution >= 0.6 is 11.6 Å². The first-order valence-corrected chi connectivity index (χ1v) is 5.50. The molecule has 0 saturated carbocycles. The Morgan fingerprint density at radius 1 is 1.00 bits per heavy atom. The van der Waals surface area contributed by atoms with Crippen molar-refractivity contribution in [1.82, 2.24) is 4.98 Å². The maximum Gasteiger partial charge on any atom is 0.0819 e. The lowest BCUT2D eigenvalue weighted by molar-refractivity contribution is 1.18. The van der Waals surface area contributed by atoms with Gasteiger partial charge in [0.1, 0.15) is 0 Å². The summed E-state index contributed by atoms with van der Waals surface area (Å²) in [4.78, 5) is 4.37. The van der Waals surface area contributed by atoms with Gasteiger partial charge in [-0.05, 0) is 30.7 Å². The van der Waals surface area contributed by atoms with Gasteiger partial charge in [-0.15, -0.1) is 0 Å². The molecule has 0 aliphatic carbocycles. The highest BCUT2D eigenvalue weighted by Gasteiger charge is 1.97. The van der Waals surface area contributed by atoms with Crippen molar-refractivity contribution in [2.24, 2.45) is 0 Å². The predicted molar refractivity (Wildman–Crippen MR) is 69.4 cm³/mol. The van der Waals surface area contributed by atoms with Gasteiger partial charge in [0.2, 0.25) is 0 Å². The van der Waals surface area contributed by atoms with E-state index in [4.69, 9.17) is 11.6 Å². The van der Waals surface area contributed by atoms with Crippen LogP contribution in [0.25, 0.3) is 12.2 Å². The molecule has 0 atom stereocenters. The number of nitrogens with zero attached hydrogens (tertiary/aromatic N) is 1. The number of halogens is 1. The number of hydrogen-bond donors (Lipinski definition) is 0. The molecule has 0 aliphatic rings. The van der Waals surface area contributed by atoms with E-state index in [1.165, 1.54) is 0 Å². The molecule has 0 bridgehead atoms. The van der Waals surface area contributed by atoms with Gasteiger partial charge in [0, 0.05) is 5.69 Å². The van der Waals surface area contributed by atoms with Crippen molar-refractivity contribution in [1.29, 1.82) is 0 Å². The smallest absolute Gasteiger partial charge is 0.0819 e. The fourth-order valence-electron chi connectivity index (χ4n) is 1.42. The first kappa shape index (κ1) is 10.9. The fraction of sp³-hybridized carbons (Fsp3) is 0.0714. The average Bonchev–Trinajstić information content (AvgIpc) is 2.32. The third-order valence-electron chi connectivity index (χ3n) is 2.25. The van der Waals surface area contributed by atoms with E-state index in [0.717, 1.165) is 17.0 Å². The van der Waals surface area contributed by atoms with Crippen molar-refractivity contribution in [3.8, 4) is 0 Å². The van der Waals surface area contributed by atoms with Crippen LogP contribution in [0.15, 0.2) is 42.5 Å². The largest absolute Gasteiger partial charge is 0.252 e. The van der Waals surface area contributed by atoms with Gasteiger partial charge in [-0.25, -0.2) is 0 Å². The zero-order valence-electron chi connectivity index (χ0n) is 9.02. The van der Waals surface area contributed by atoms with Gasteiger partial charge >= 0.3 is 0 Å². The van der Waals surface area contributed by atoms with Crippen molar-refractivity contribution in [2.75, 3.05) is 0 Å². The van der Waals surface area contributed by atoms with E-state index < -0.39 is 0 Å². The Hall–Kier alpha value is -1.60. The lowest BCUT2D eigenvalue weighted by Crippen LogP contribution is -1.85. The minimum Gasteiger partial charge on any atom is -0.252 e. The Kier molecular flexibility index (Phi) is 3.37. The molecular formula is C14H12ClN. The van der Waals surface area contributed by atoms with Crippen LogP contribution in [-0.2, 0) is 0 Å². The molecule has 0 N–H and O–H groups in total. The molecule has 16 heavy (non-hydrogen) atoms. The summed E-state index contributed by atoms with van der Waals surface area (Å²) in [5.74, 6) is 0. The molecular weight excluding hydrogens is 218 g/mol. The number of benzene rings is 1. The SMILES string of the molecule is Cc1ccc(Cl)c(C=Cc2ccccc2)n1. The minimum absolute atomic E-state index is 0.679. The van der Waals surface area contributed by atoms with Crippen LogP contribution in [0, 0.1) is 6.92 Å². The molecule has 0 spiro atoms. The van der Waals surface area contributed by atoms with Gasteiger partial charge in [-0.1, -0.05) is 48.0 Å². The topological polar surface area (TPSA) is 12.9 Å². The van der Waals surface area contributed by atoms with Crippen LogP contribution in [0.3, 0.4) is 0 Å². The quantitative estimate of drug-likeness (QED) is 0.752. The van der Waals surface area contributed by atoms with E-state index >= 15 is 0 Å². The van der Waals surface area contributed by atoms with E-state index in [1.54, 1.807) is 0 Å². The van der Waals surface area contributed by atoms with Crippen LogP contribution in [0.1, 0.15) is 17.0 Å². The molecule has 0 aliphatic heterocycles. The van der Waals surface area contributed by atoms with Crippen molar-refractivity contribution in [2.45, 2.75) is 6.92 Å². The van der Waals surface area contributed by atoms with Gasteiger partial charge in [0.15, 0.2) is 0 Å². The zero-order valence-corrected chi connectivity index (χ0v) is 9.78. The molecule has 0 fully saturated rings. The number of aryl methyl sites for hydroxylation is 1. The molecule has 2 aromatic rings. The number of rotatable bonds is 2. The molecule has 0 unspecified atom stereocenters. The molecule has 1 heterocycles. The summed E-state index contributed by atoms with van der Waals surface area (Å²) in [6.07, 6.45) is 3.94. The van der Waals surface area contributed by atoms with E-state index in [9.17, 15) is 0 Å². The predicted octanol–water partition coefficient (Wildman–Crippen LogP) is 4.21.